The molecule has 0 aromatic heterocycles. The van der Waals surface area contributed by atoms with Gasteiger partial charge in [0.25, 0.3) is 0 Å². The Labute approximate surface area is 131 Å². The van der Waals surface area contributed by atoms with E-state index in [0.717, 1.165) is 37.2 Å². The Balaban J connectivity index is 2.15. The third kappa shape index (κ3) is 4.47. The van der Waals surface area contributed by atoms with Crippen molar-refractivity contribution in [3.8, 4) is 0 Å². The van der Waals surface area contributed by atoms with Crippen LogP contribution in [0.25, 0.3) is 0 Å². The highest BCUT2D eigenvalue weighted by atomic mass is 79.9. The number of halogens is 1. The minimum Gasteiger partial charge on any atom is -0.369 e. The first-order chi connectivity index (χ1) is 9.35. The zero-order chi connectivity index (χ0) is 14.8. The van der Waals surface area contributed by atoms with Crippen LogP contribution in [0.2, 0.25) is 0 Å². The molecule has 0 bridgehead atoms. The molecule has 1 saturated heterocycles. The lowest BCUT2D eigenvalue weighted by Gasteiger charge is -2.35. The molecular formula is C16H26BrN3. The Kier molecular flexibility index (Phi) is 5.10. The fourth-order valence-electron chi connectivity index (χ4n) is 2.41. The van der Waals surface area contributed by atoms with E-state index in [-0.39, 0.29) is 5.54 Å². The van der Waals surface area contributed by atoms with Gasteiger partial charge in [-0.15, -0.1) is 0 Å². The number of anilines is 1. The number of benzene rings is 1. The molecule has 20 heavy (non-hydrogen) atoms. The molecule has 3 nitrogen and oxygen atoms in total. The summed E-state index contributed by atoms with van der Waals surface area (Å²) in [6.45, 7) is 12.0. The third-order valence-corrected chi connectivity index (χ3v) is 4.19. The van der Waals surface area contributed by atoms with Crippen molar-refractivity contribution in [3.63, 3.8) is 0 Å². The van der Waals surface area contributed by atoms with Gasteiger partial charge in [0.15, 0.2) is 0 Å². The molecule has 0 aliphatic carbocycles. The Morgan fingerprint density at radius 1 is 1.15 bits per heavy atom. The maximum Gasteiger partial charge on any atom is 0.0413 e. The molecule has 1 aliphatic heterocycles. The van der Waals surface area contributed by atoms with Crippen LogP contribution in [-0.2, 0) is 6.54 Å². The maximum absolute atomic E-state index is 3.60. The lowest BCUT2D eigenvalue weighted by Crippen LogP contribution is -2.45. The highest BCUT2D eigenvalue weighted by Crippen LogP contribution is 2.26. The van der Waals surface area contributed by atoms with Crippen molar-refractivity contribution in [2.45, 2.75) is 32.9 Å². The monoisotopic (exact) mass is 339 g/mol. The van der Waals surface area contributed by atoms with Crippen molar-refractivity contribution in [1.82, 2.24) is 10.2 Å². The topological polar surface area (TPSA) is 18.5 Å². The van der Waals surface area contributed by atoms with Crippen LogP contribution in [-0.4, -0.2) is 43.7 Å². The largest absolute Gasteiger partial charge is 0.369 e. The van der Waals surface area contributed by atoms with Gasteiger partial charge in [-0.05, 0) is 51.6 Å². The minimum atomic E-state index is 0.141. The summed E-state index contributed by atoms with van der Waals surface area (Å²) in [6.07, 6.45) is 0. The minimum absolute atomic E-state index is 0.141. The average molecular weight is 340 g/mol. The fraction of sp³-hybridized carbons (Fsp3) is 0.625. The van der Waals surface area contributed by atoms with Gasteiger partial charge in [0.1, 0.15) is 0 Å². The summed E-state index contributed by atoms with van der Waals surface area (Å²) in [5.74, 6) is 0. The van der Waals surface area contributed by atoms with Gasteiger partial charge in [-0.3, -0.25) is 0 Å². The zero-order valence-corrected chi connectivity index (χ0v) is 14.6. The smallest absolute Gasteiger partial charge is 0.0413 e. The Bertz CT molecular complexity index is 446. The molecule has 1 aliphatic rings. The normalized spacial score (nSPS) is 17.6. The summed E-state index contributed by atoms with van der Waals surface area (Å²) in [5.41, 5.74) is 2.89. The van der Waals surface area contributed by atoms with E-state index >= 15 is 0 Å². The van der Waals surface area contributed by atoms with Crippen LogP contribution in [0.1, 0.15) is 26.3 Å². The first-order valence-electron chi connectivity index (χ1n) is 7.32. The van der Waals surface area contributed by atoms with E-state index in [9.17, 15) is 0 Å². The molecule has 2 rings (SSSR count). The van der Waals surface area contributed by atoms with Crippen LogP contribution in [0.4, 0.5) is 5.69 Å². The summed E-state index contributed by atoms with van der Waals surface area (Å²) < 4.78 is 1.15. The van der Waals surface area contributed by atoms with Crippen molar-refractivity contribution < 1.29 is 0 Å². The first kappa shape index (κ1) is 15.8. The van der Waals surface area contributed by atoms with Crippen LogP contribution < -0.4 is 10.2 Å². The Morgan fingerprint density at radius 3 is 2.40 bits per heavy atom. The molecule has 1 N–H and O–H groups in total. The van der Waals surface area contributed by atoms with Gasteiger partial charge in [-0.25, -0.2) is 0 Å². The van der Waals surface area contributed by atoms with Crippen molar-refractivity contribution in [3.05, 3.63) is 28.2 Å². The SMILES string of the molecule is CN1CCN(c2ccc(Br)cc2CNC(C)(C)C)CC1. The molecule has 112 valence electrons. The fourth-order valence-corrected chi connectivity index (χ4v) is 2.82. The standard InChI is InChI=1S/C16H26BrN3/c1-16(2,3)18-12-13-11-14(17)5-6-15(13)20-9-7-19(4)8-10-20/h5-6,11,18H,7-10,12H2,1-4H3. The average Bonchev–Trinajstić information content (AvgIpc) is 2.37. The van der Waals surface area contributed by atoms with Gasteiger partial charge in [-0.2, -0.15) is 0 Å². The Morgan fingerprint density at radius 2 is 1.80 bits per heavy atom. The second-order valence-electron chi connectivity index (χ2n) is 6.67. The Hall–Kier alpha value is -0.580. The number of hydrogen-bond donors (Lipinski definition) is 1. The van der Waals surface area contributed by atoms with Crippen LogP contribution in [0.15, 0.2) is 22.7 Å². The zero-order valence-electron chi connectivity index (χ0n) is 13.0. The first-order valence-corrected chi connectivity index (χ1v) is 8.11. The molecular weight excluding hydrogens is 314 g/mol. The van der Waals surface area contributed by atoms with Crippen molar-refractivity contribution >= 4 is 21.6 Å². The molecule has 4 heteroatoms. The molecule has 0 saturated carbocycles. The molecule has 0 radical (unpaired) electrons. The van der Waals surface area contributed by atoms with Gasteiger partial charge < -0.3 is 15.1 Å². The highest BCUT2D eigenvalue weighted by Gasteiger charge is 2.18. The molecule has 1 fully saturated rings. The van der Waals surface area contributed by atoms with Gasteiger partial charge in [0, 0.05) is 48.4 Å². The highest BCUT2D eigenvalue weighted by molar-refractivity contribution is 9.10. The van der Waals surface area contributed by atoms with Crippen LogP contribution in [0.5, 0.6) is 0 Å². The van der Waals surface area contributed by atoms with Crippen molar-refractivity contribution in [1.29, 1.82) is 0 Å². The van der Waals surface area contributed by atoms with Crippen LogP contribution in [0, 0.1) is 0 Å². The molecule has 0 amide bonds. The number of hydrogen-bond acceptors (Lipinski definition) is 3. The van der Waals surface area contributed by atoms with E-state index in [1.165, 1.54) is 11.3 Å². The number of nitrogens with one attached hydrogen (secondary N) is 1. The van der Waals surface area contributed by atoms with E-state index < -0.39 is 0 Å². The molecule has 1 aromatic rings. The second-order valence-corrected chi connectivity index (χ2v) is 7.58. The second kappa shape index (κ2) is 6.46. The van der Waals surface area contributed by atoms with Gasteiger partial charge in [0.2, 0.25) is 0 Å². The molecule has 1 aromatic carbocycles. The summed E-state index contributed by atoms with van der Waals surface area (Å²) in [5, 5.41) is 3.60. The number of nitrogens with zero attached hydrogens (tertiary/aromatic N) is 2. The van der Waals surface area contributed by atoms with Crippen molar-refractivity contribution in [2.75, 3.05) is 38.1 Å². The van der Waals surface area contributed by atoms with Gasteiger partial charge in [0.05, 0.1) is 0 Å². The number of piperazine rings is 1. The third-order valence-electron chi connectivity index (χ3n) is 3.69. The summed E-state index contributed by atoms with van der Waals surface area (Å²) in [4.78, 5) is 4.90. The summed E-state index contributed by atoms with van der Waals surface area (Å²) >= 11 is 3.60. The molecule has 0 atom stereocenters. The van der Waals surface area contributed by atoms with Crippen LogP contribution >= 0.6 is 15.9 Å². The van der Waals surface area contributed by atoms with E-state index in [2.05, 4.69) is 77.1 Å². The molecule has 0 spiro atoms. The number of rotatable bonds is 3. The molecule has 1 heterocycles. The predicted molar refractivity (Wildman–Crippen MR) is 90.4 cm³/mol. The van der Waals surface area contributed by atoms with Gasteiger partial charge >= 0.3 is 0 Å². The van der Waals surface area contributed by atoms with E-state index in [4.69, 9.17) is 0 Å². The van der Waals surface area contributed by atoms with Gasteiger partial charge in [-0.1, -0.05) is 15.9 Å². The maximum atomic E-state index is 3.60. The molecule has 0 unspecified atom stereocenters. The quantitative estimate of drug-likeness (QED) is 0.912. The number of likely N-dealkylation sites (N-methyl/N-ethyl adjacent to an activating group) is 1. The lowest BCUT2D eigenvalue weighted by molar-refractivity contribution is 0.312. The summed E-state index contributed by atoms with van der Waals surface area (Å²) in [6, 6.07) is 6.63. The van der Waals surface area contributed by atoms with E-state index in [1.54, 1.807) is 0 Å². The lowest BCUT2D eigenvalue weighted by atomic mass is 10.1. The summed E-state index contributed by atoms with van der Waals surface area (Å²) in [7, 11) is 2.20. The van der Waals surface area contributed by atoms with Crippen LogP contribution in [0.3, 0.4) is 0 Å². The van der Waals surface area contributed by atoms with Crippen molar-refractivity contribution in [2.24, 2.45) is 0 Å². The van der Waals surface area contributed by atoms with E-state index in [1.807, 2.05) is 0 Å². The predicted octanol–water partition coefficient (Wildman–Crippen LogP) is 3.09. The van der Waals surface area contributed by atoms with E-state index in [0.29, 0.717) is 0 Å².